The van der Waals surface area contributed by atoms with Crippen LogP contribution in [-0.4, -0.2) is 22.1 Å². The minimum absolute atomic E-state index is 0.117. The number of aromatic nitrogens is 1. The first-order chi connectivity index (χ1) is 9.56. The average molecular weight is 296 g/mol. The summed E-state index contributed by atoms with van der Waals surface area (Å²) in [7, 11) is 0. The Balaban J connectivity index is 2.40. The van der Waals surface area contributed by atoms with Crippen LogP contribution in [0.3, 0.4) is 0 Å². The van der Waals surface area contributed by atoms with Crippen molar-refractivity contribution in [2.45, 2.75) is 39.2 Å². The van der Waals surface area contributed by atoms with Gasteiger partial charge in [0.25, 0.3) is 5.56 Å². The van der Waals surface area contributed by atoms with Crippen LogP contribution in [0.1, 0.15) is 38.2 Å². The van der Waals surface area contributed by atoms with Crippen LogP contribution >= 0.6 is 12.2 Å². The number of rotatable bonds is 8. The largest absolute Gasteiger partial charge is 0.466 e. The van der Waals surface area contributed by atoms with E-state index in [1.807, 2.05) is 0 Å². The van der Waals surface area contributed by atoms with Gasteiger partial charge in [-0.1, -0.05) is 18.6 Å². The lowest BCUT2D eigenvalue weighted by Gasteiger charge is -2.07. The van der Waals surface area contributed by atoms with Gasteiger partial charge in [-0.25, -0.2) is 0 Å². The normalized spacial score (nSPS) is 10.2. The molecule has 110 valence electrons. The van der Waals surface area contributed by atoms with E-state index in [1.54, 1.807) is 29.8 Å². The molecule has 0 aliphatic heterocycles. The van der Waals surface area contributed by atoms with Crippen molar-refractivity contribution < 1.29 is 9.53 Å². The number of nitrogens with two attached hydrogens (primary N) is 1. The molecule has 0 spiro atoms. The lowest BCUT2D eigenvalue weighted by Crippen LogP contribution is -2.28. The molecule has 0 radical (unpaired) electrons. The summed E-state index contributed by atoms with van der Waals surface area (Å²) in [5, 5.41) is 0. The zero-order valence-electron chi connectivity index (χ0n) is 11.6. The van der Waals surface area contributed by atoms with Gasteiger partial charge in [0.1, 0.15) is 4.99 Å². The maximum Gasteiger partial charge on any atom is 0.305 e. The highest BCUT2D eigenvalue weighted by Gasteiger charge is 2.05. The van der Waals surface area contributed by atoms with E-state index in [9.17, 15) is 9.59 Å². The van der Waals surface area contributed by atoms with Crippen LogP contribution in [0, 0.1) is 0 Å². The predicted molar refractivity (Wildman–Crippen MR) is 81.7 cm³/mol. The number of carbonyl (C=O) groups excluding carboxylic acids is 1. The molecular weight excluding hydrogens is 276 g/mol. The molecule has 0 aromatic carbocycles. The summed E-state index contributed by atoms with van der Waals surface area (Å²) in [6.07, 6.45) is 4.59. The first-order valence-electron chi connectivity index (χ1n) is 6.71. The summed E-state index contributed by atoms with van der Waals surface area (Å²) >= 11 is 4.83. The number of nitrogens with zero attached hydrogens (tertiary/aromatic N) is 1. The van der Waals surface area contributed by atoms with Crippen LogP contribution in [-0.2, 0) is 16.1 Å². The fourth-order valence-corrected chi connectivity index (χ4v) is 2.02. The Kier molecular flexibility index (Phi) is 6.93. The van der Waals surface area contributed by atoms with Gasteiger partial charge in [-0.15, -0.1) is 0 Å². The SMILES string of the molecule is CCOC(=O)CCCCCn1cccc(C(N)=S)c1=O. The maximum atomic E-state index is 12.0. The molecule has 1 heterocycles. The van der Waals surface area contributed by atoms with Crippen molar-refractivity contribution in [3.8, 4) is 0 Å². The highest BCUT2D eigenvalue weighted by molar-refractivity contribution is 7.80. The van der Waals surface area contributed by atoms with E-state index in [4.69, 9.17) is 22.7 Å². The summed E-state index contributed by atoms with van der Waals surface area (Å²) in [4.78, 5) is 23.3. The summed E-state index contributed by atoms with van der Waals surface area (Å²) in [5.41, 5.74) is 5.70. The van der Waals surface area contributed by atoms with E-state index in [2.05, 4.69) is 0 Å². The molecule has 0 atom stereocenters. The third kappa shape index (κ3) is 5.13. The Hall–Kier alpha value is -1.69. The Bertz CT molecular complexity index is 525. The molecule has 0 saturated carbocycles. The molecule has 20 heavy (non-hydrogen) atoms. The number of hydrogen-bond acceptors (Lipinski definition) is 4. The van der Waals surface area contributed by atoms with Crippen molar-refractivity contribution in [2.24, 2.45) is 5.73 Å². The van der Waals surface area contributed by atoms with Gasteiger partial charge in [0.2, 0.25) is 0 Å². The zero-order chi connectivity index (χ0) is 15.0. The van der Waals surface area contributed by atoms with Crippen LogP contribution < -0.4 is 11.3 Å². The highest BCUT2D eigenvalue weighted by atomic mass is 32.1. The van der Waals surface area contributed by atoms with Gasteiger partial charge in [-0.3, -0.25) is 9.59 Å². The Labute approximate surface area is 123 Å². The molecule has 1 rings (SSSR count). The summed E-state index contributed by atoms with van der Waals surface area (Å²) in [5.74, 6) is -0.167. The van der Waals surface area contributed by atoms with Crippen molar-refractivity contribution in [3.05, 3.63) is 34.2 Å². The second-order valence-corrected chi connectivity index (χ2v) is 4.84. The molecule has 0 aliphatic carbocycles. The Morgan fingerprint density at radius 3 is 2.80 bits per heavy atom. The van der Waals surface area contributed by atoms with Crippen molar-refractivity contribution >= 4 is 23.2 Å². The second kappa shape index (κ2) is 8.47. The topological polar surface area (TPSA) is 74.3 Å². The van der Waals surface area contributed by atoms with Crippen molar-refractivity contribution in [1.82, 2.24) is 4.57 Å². The molecule has 0 fully saturated rings. The molecule has 0 aliphatic rings. The number of pyridine rings is 1. The van der Waals surface area contributed by atoms with Crippen molar-refractivity contribution in [2.75, 3.05) is 6.61 Å². The van der Waals surface area contributed by atoms with Crippen molar-refractivity contribution in [3.63, 3.8) is 0 Å². The van der Waals surface area contributed by atoms with Gasteiger partial charge >= 0.3 is 5.97 Å². The molecular formula is C14H20N2O3S. The lowest BCUT2D eigenvalue weighted by atomic mass is 10.2. The van der Waals surface area contributed by atoms with Gasteiger partial charge < -0.3 is 15.0 Å². The fourth-order valence-electron chi connectivity index (χ4n) is 1.86. The number of unbranched alkanes of at least 4 members (excludes halogenated alkanes) is 2. The number of hydrogen-bond donors (Lipinski definition) is 1. The minimum Gasteiger partial charge on any atom is -0.466 e. The van der Waals surface area contributed by atoms with E-state index in [0.717, 1.165) is 19.3 Å². The molecule has 0 bridgehead atoms. The van der Waals surface area contributed by atoms with Crippen LogP contribution in [0.2, 0.25) is 0 Å². The summed E-state index contributed by atoms with van der Waals surface area (Å²) < 4.78 is 6.44. The number of ether oxygens (including phenoxy) is 1. The quantitative estimate of drug-likeness (QED) is 0.448. The first kappa shape index (κ1) is 16.4. The van der Waals surface area contributed by atoms with E-state index in [1.165, 1.54) is 0 Å². The van der Waals surface area contributed by atoms with Gasteiger partial charge in [0.15, 0.2) is 0 Å². The molecule has 1 aromatic rings. The average Bonchev–Trinajstić information content (AvgIpc) is 2.40. The van der Waals surface area contributed by atoms with E-state index in [-0.39, 0.29) is 16.5 Å². The van der Waals surface area contributed by atoms with E-state index >= 15 is 0 Å². The van der Waals surface area contributed by atoms with E-state index < -0.39 is 0 Å². The third-order valence-corrected chi connectivity index (χ3v) is 3.09. The monoisotopic (exact) mass is 296 g/mol. The zero-order valence-corrected chi connectivity index (χ0v) is 12.4. The van der Waals surface area contributed by atoms with Gasteiger partial charge in [-0.05, 0) is 31.9 Å². The van der Waals surface area contributed by atoms with Gasteiger partial charge in [-0.2, -0.15) is 0 Å². The molecule has 6 heteroatoms. The minimum atomic E-state index is -0.167. The number of carbonyl (C=O) groups is 1. The Morgan fingerprint density at radius 2 is 2.15 bits per heavy atom. The molecule has 1 aromatic heterocycles. The maximum absolute atomic E-state index is 12.0. The number of thiocarbonyl (C=S) groups is 1. The van der Waals surface area contributed by atoms with Gasteiger partial charge in [0.05, 0.1) is 12.2 Å². The number of aryl methyl sites for hydroxylation is 1. The smallest absolute Gasteiger partial charge is 0.305 e. The molecule has 0 saturated heterocycles. The number of esters is 1. The molecule has 5 nitrogen and oxygen atoms in total. The Morgan fingerprint density at radius 1 is 1.40 bits per heavy atom. The van der Waals surface area contributed by atoms with Crippen LogP contribution in [0.5, 0.6) is 0 Å². The standard InChI is InChI=1S/C14H20N2O3S/c1-2-19-12(17)8-4-3-5-9-16-10-6-7-11(13(15)20)14(16)18/h6-7,10H,2-5,8-9H2,1H3,(H2,15,20). The van der Waals surface area contributed by atoms with Crippen LogP contribution in [0.15, 0.2) is 23.1 Å². The lowest BCUT2D eigenvalue weighted by molar-refractivity contribution is -0.143. The van der Waals surface area contributed by atoms with Crippen LogP contribution in [0.4, 0.5) is 0 Å². The van der Waals surface area contributed by atoms with Gasteiger partial charge in [0, 0.05) is 19.2 Å². The second-order valence-electron chi connectivity index (χ2n) is 4.40. The van der Waals surface area contributed by atoms with Crippen molar-refractivity contribution in [1.29, 1.82) is 0 Å². The predicted octanol–water partition coefficient (Wildman–Crippen LogP) is 1.61. The molecule has 2 N–H and O–H groups in total. The fraction of sp³-hybridized carbons (Fsp3) is 0.500. The molecule has 0 unspecified atom stereocenters. The highest BCUT2D eigenvalue weighted by Crippen LogP contribution is 2.03. The first-order valence-corrected chi connectivity index (χ1v) is 7.12. The summed E-state index contributed by atoms with van der Waals surface area (Å²) in [6, 6.07) is 3.39. The van der Waals surface area contributed by atoms with Crippen LogP contribution in [0.25, 0.3) is 0 Å². The molecule has 0 amide bonds. The summed E-state index contributed by atoms with van der Waals surface area (Å²) in [6.45, 7) is 2.80. The van der Waals surface area contributed by atoms with E-state index in [0.29, 0.717) is 25.1 Å². The third-order valence-electron chi connectivity index (χ3n) is 2.87.